The van der Waals surface area contributed by atoms with E-state index in [4.69, 9.17) is 5.11 Å². The number of hydrogen-bond donors (Lipinski definition) is 2. The average Bonchev–Trinajstić information content (AvgIpc) is 2.19. The topological polar surface area (TPSA) is 49.3 Å². The lowest BCUT2D eigenvalue weighted by molar-refractivity contribution is -0.146. The molecule has 0 aromatic heterocycles. The molecule has 2 N–H and O–H groups in total. The number of carboxylic acid groups (broad SMARTS) is 1. The number of anilines is 1. The summed E-state index contributed by atoms with van der Waals surface area (Å²) in [6.45, 7) is 5.22. The summed E-state index contributed by atoms with van der Waals surface area (Å²) in [5.41, 5.74) is 0.349. The van der Waals surface area contributed by atoms with Crippen LogP contribution in [-0.4, -0.2) is 17.6 Å². The van der Waals surface area contributed by atoms with Crippen LogP contribution in [0.5, 0.6) is 0 Å². The van der Waals surface area contributed by atoms with Crippen LogP contribution in [0.25, 0.3) is 0 Å². The van der Waals surface area contributed by atoms with Gasteiger partial charge in [0.25, 0.3) is 0 Å². The van der Waals surface area contributed by atoms with Crippen LogP contribution >= 0.6 is 0 Å². The Labute approximate surface area is 94.3 Å². The Kier molecular flexibility index (Phi) is 3.52. The first-order chi connectivity index (χ1) is 7.33. The third-order valence-corrected chi connectivity index (χ3v) is 2.42. The highest BCUT2D eigenvalue weighted by Gasteiger charge is 2.26. The van der Waals surface area contributed by atoms with Crippen LogP contribution in [0.1, 0.15) is 19.4 Å². The summed E-state index contributed by atoms with van der Waals surface area (Å²) in [6, 6.07) is 4.70. The van der Waals surface area contributed by atoms with Crippen LogP contribution in [0.15, 0.2) is 18.2 Å². The Hall–Kier alpha value is -1.58. The van der Waals surface area contributed by atoms with Crippen molar-refractivity contribution >= 4 is 11.7 Å². The highest BCUT2D eigenvalue weighted by atomic mass is 19.1. The van der Waals surface area contributed by atoms with Crippen molar-refractivity contribution in [3.05, 3.63) is 29.6 Å². The first kappa shape index (κ1) is 12.5. The second-order valence-electron chi connectivity index (χ2n) is 4.53. The number of aliphatic carboxylic acids is 1. The van der Waals surface area contributed by atoms with Gasteiger partial charge in [0.05, 0.1) is 11.1 Å². The summed E-state index contributed by atoms with van der Waals surface area (Å²) >= 11 is 0. The molecular formula is C12H16FNO2. The van der Waals surface area contributed by atoms with Gasteiger partial charge in [-0.2, -0.15) is 0 Å². The molecule has 0 saturated carbocycles. The van der Waals surface area contributed by atoms with Gasteiger partial charge in [0.2, 0.25) is 0 Å². The van der Waals surface area contributed by atoms with E-state index < -0.39 is 11.4 Å². The number of carbonyl (C=O) groups is 1. The summed E-state index contributed by atoms with van der Waals surface area (Å²) < 4.78 is 13.3. The van der Waals surface area contributed by atoms with Gasteiger partial charge in [0.1, 0.15) is 5.82 Å². The molecule has 0 amide bonds. The van der Waals surface area contributed by atoms with Crippen LogP contribution < -0.4 is 5.32 Å². The molecule has 4 heteroatoms. The van der Waals surface area contributed by atoms with Crippen molar-refractivity contribution in [2.24, 2.45) is 5.41 Å². The van der Waals surface area contributed by atoms with Gasteiger partial charge in [0, 0.05) is 6.54 Å². The molecule has 0 unspecified atom stereocenters. The number of halogens is 1. The molecule has 0 bridgehead atoms. The van der Waals surface area contributed by atoms with E-state index in [0.29, 0.717) is 5.69 Å². The van der Waals surface area contributed by atoms with Gasteiger partial charge in [0.15, 0.2) is 0 Å². The largest absolute Gasteiger partial charge is 0.481 e. The van der Waals surface area contributed by atoms with E-state index in [1.807, 2.05) is 6.92 Å². The number of carboxylic acids is 1. The van der Waals surface area contributed by atoms with Gasteiger partial charge in [-0.05, 0) is 38.5 Å². The summed E-state index contributed by atoms with van der Waals surface area (Å²) in [5.74, 6) is -1.28. The first-order valence-corrected chi connectivity index (χ1v) is 5.06. The number of hydrogen-bond acceptors (Lipinski definition) is 2. The Balaban J connectivity index is 2.75. The van der Waals surface area contributed by atoms with Crippen molar-refractivity contribution < 1.29 is 14.3 Å². The van der Waals surface area contributed by atoms with Crippen LogP contribution in [0.4, 0.5) is 10.1 Å². The predicted octanol–water partition coefficient (Wildman–Crippen LogP) is 2.66. The standard InChI is InChI=1S/C12H16FNO2/c1-8-4-5-9(13)10(6-8)14-7-12(2,3)11(15)16/h4-6,14H,7H2,1-3H3,(H,15,16). The van der Waals surface area contributed by atoms with Crippen molar-refractivity contribution in [3.63, 3.8) is 0 Å². The third kappa shape index (κ3) is 2.95. The van der Waals surface area contributed by atoms with E-state index in [2.05, 4.69) is 5.32 Å². The predicted molar refractivity (Wildman–Crippen MR) is 61.0 cm³/mol. The number of aryl methyl sites for hydroxylation is 1. The normalized spacial score (nSPS) is 11.2. The molecule has 1 aromatic rings. The number of rotatable bonds is 4. The van der Waals surface area contributed by atoms with Crippen LogP contribution in [0.2, 0.25) is 0 Å². The van der Waals surface area contributed by atoms with E-state index in [0.717, 1.165) is 5.56 Å². The zero-order valence-electron chi connectivity index (χ0n) is 9.67. The molecule has 0 fully saturated rings. The maximum atomic E-state index is 13.3. The number of nitrogens with one attached hydrogen (secondary N) is 1. The molecule has 0 spiro atoms. The van der Waals surface area contributed by atoms with Crippen molar-refractivity contribution in [1.82, 2.24) is 0 Å². The van der Waals surface area contributed by atoms with Crippen LogP contribution in [0.3, 0.4) is 0 Å². The molecule has 1 aromatic carbocycles. The van der Waals surface area contributed by atoms with E-state index in [1.54, 1.807) is 26.0 Å². The second kappa shape index (κ2) is 4.51. The first-order valence-electron chi connectivity index (χ1n) is 5.06. The maximum Gasteiger partial charge on any atom is 0.310 e. The minimum atomic E-state index is -0.920. The summed E-state index contributed by atoms with van der Waals surface area (Å²) in [4.78, 5) is 10.9. The molecular weight excluding hydrogens is 209 g/mol. The van der Waals surface area contributed by atoms with Crippen molar-refractivity contribution in [3.8, 4) is 0 Å². The smallest absolute Gasteiger partial charge is 0.310 e. The summed E-state index contributed by atoms with van der Waals surface area (Å²) in [6.07, 6.45) is 0. The van der Waals surface area contributed by atoms with E-state index in [1.165, 1.54) is 6.07 Å². The fourth-order valence-corrected chi connectivity index (χ4v) is 1.17. The van der Waals surface area contributed by atoms with Crippen LogP contribution in [-0.2, 0) is 4.79 Å². The lowest BCUT2D eigenvalue weighted by Crippen LogP contribution is -2.32. The van der Waals surface area contributed by atoms with Crippen molar-refractivity contribution in [2.45, 2.75) is 20.8 Å². The molecule has 0 aliphatic carbocycles. The molecule has 3 nitrogen and oxygen atoms in total. The Morgan fingerprint density at radius 2 is 2.12 bits per heavy atom. The molecule has 0 radical (unpaired) electrons. The Morgan fingerprint density at radius 1 is 1.50 bits per heavy atom. The SMILES string of the molecule is Cc1ccc(F)c(NCC(C)(C)C(=O)O)c1. The zero-order chi connectivity index (χ0) is 12.3. The highest BCUT2D eigenvalue weighted by Crippen LogP contribution is 2.20. The molecule has 0 aliphatic rings. The van der Waals surface area contributed by atoms with Gasteiger partial charge >= 0.3 is 5.97 Å². The minimum absolute atomic E-state index is 0.183. The molecule has 88 valence electrons. The van der Waals surface area contributed by atoms with Gasteiger partial charge in [-0.15, -0.1) is 0 Å². The van der Waals surface area contributed by atoms with E-state index in [-0.39, 0.29) is 12.4 Å². The van der Waals surface area contributed by atoms with Gasteiger partial charge in [-0.25, -0.2) is 4.39 Å². The molecule has 1 rings (SSSR count). The molecule has 16 heavy (non-hydrogen) atoms. The van der Waals surface area contributed by atoms with Crippen LogP contribution in [0, 0.1) is 18.2 Å². The van der Waals surface area contributed by atoms with Gasteiger partial charge < -0.3 is 10.4 Å². The molecule has 0 aliphatic heterocycles. The lowest BCUT2D eigenvalue weighted by atomic mass is 9.94. The van der Waals surface area contributed by atoms with Gasteiger partial charge in [-0.3, -0.25) is 4.79 Å². The van der Waals surface area contributed by atoms with Crippen molar-refractivity contribution in [1.29, 1.82) is 0 Å². The third-order valence-electron chi connectivity index (χ3n) is 2.42. The monoisotopic (exact) mass is 225 g/mol. The minimum Gasteiger partial charge on any atom is -0.481 e. The summed E-state index contributed by atoms with van der Waals surface area (Å²) in [7, 11) is 0. The molecule has 0 saturated heterocycles. The van der Waals surface area contributed by atoms with Gasteiger partial charge in [-0.1, -0.05) is 6.07 Å². The second-order valence-corrected chi connectivity index (χ2v) is 4.53. The van der Waals surface area contributed by atoms with E-state index in [9.17, 15) is 9.18 Å². The average molecular weight is 225 g/mol. The molecule has 0 atom stereocenters. The number of benzene rings is 1. The van der Waals surface area contributed by atoms with E-state index >= 15 is 0 Å². The Bertz CT molecular complexity index is 402. The maximum absolute atomic E-state index is 13.3. The fourth-order valence-electron chi connectivity index (χ4n) is 1.17. The Morgan fingerprint density at radius 3 is 2.69 bits per heavy atom. The zero-order valence-corrected chi connectivity index (χ0v) is 9.67. The lowest BCUT2D eigenvalue weighted by Gasteiger charge is -2.20. The fraction of sp³-hybridized carbons (Fsp3) is 0.417. The van der Waals surface area contributed by atoms with Crippen molar-refractivity contribution in [2.75, 3.05) is 11.9 Å². The molecule has 0 heterocycles. The highest BCUT2D eigenvalue weighted by molar-refractivity contribution is 5.74. The summed E-state index contributed by atoms with van der Waals surface area (Å²) in [5, 5.41) is 11.7. The quantitative estimate of drug-likeness (QED) is 0.828.